The number of ether oxygens (including phenoxy) is 1. The van der Waals surface area contributed by atoms with Gasteiger partial charge in [-0.15, -0.1) is 0 Å². The average molecular weight is 378 g/mol. The molecule has 2 atom stereocenters. The molecule has 0 saturated carbocycles. The summed E-state index contributed by atoms with van der Waals surface area (Å²) in [5.74, 6) is 0.337. The van der Waals surface area contributed by atoms with Crippen LogP contribution in [0.4, 0.5) is 18.4 Å². The van der Waals surface area contributed by atoms with Crippen molar-refractivity contribution in [3.05, 3.63) is 19.6 Å². The predicted octanol–water partition coefficient (Wildman–Crippen LogP) is 4.22. The minimum Gasteiger partial charge on any atom is -0.453 e. The van der Waals surface area contributed by atoms with Crippen LogP contribution in [0.25, 0.3) is 0 Å². The second kappa shape index (κ2) is 9.77. The third-order valence-corrected chi connectivity index (χ3v) is 6.04. The molecule has 0 bridgehead atoms. The third-order valence-electron chi connectivity index (χ3n) is 1.50. The van der Waals surface area contributed by atoms with E-state index in [9.17, 15) is 23.2 Å². The Morgan fingerprint density at radius 3 is 1.85 bits per heavy atom. The van der Waals surface area contributed by atoms with E-state index in [1.807, 2.05) is 0 Å². The van der Waals surface area contributed by atoms with Crippen LogP contribution in [0.5, 0.6) is 0 Å². The van der Waals surface area contributed by atoms with Crippen molar-refractivity contribution >= 4 is 67.7 Å². The standard InChI is InChI=1S/C3H3FO2S.C3H3FOS2.C3H2OS2/c2*4-2-1-6-3(5)7-2;4-3-5-1-2-6-3/h2*2H,1H2;1-2H. The van der Waals surface area contributed by atoms with Crippen LogP contribution in [0.3, 0.4) is 0 Å². The largest absolute Gasteiger partial charge is 0.453 e. The van der Waals surface area contributed by atoms with Crippen molar-refractivity contribution in [2.45, 2.75) is 11.0 Å². The highest BCUT2D eigenvalue weighted by atomic mass is 32.2. The Morgan fingerprint density at radius 1 is 1.05 bits per heavy atom. The number of alkyl halides is 2. The van der Waals surface area contributed by atoms with Gasteiger partial charge in [0.2, 0.25) is 4.45 Å². The fourth-order valence-corrected chi connectivity index (χ4v) is 4.25. The van der Waals surface area contributed by atoms with Crippen LogP contribution in [0.1, 0.15) is 0 Å². The van der Waals surface area contributed by atoms with Gasteiger partial charge in [0.15, 0.2) is 11.0 Å². The Labute approximate surface area is 133 Å². The molecule has 0 aliphatic carbocycles. The van der Waals surface area contributed by atoms with E-state index in [-0.39, 0.29) is 15.1 Å². The number of halogens is 2. The molecule has 0 N–H and O–H groups in total. The maximum absolute atomic E-state index is 11.9. The number of rotatable bonds is 0. The van der Waals surface area contributed by atoms with E-state index in [1.54, 1.807) is 10.8 Å². The summed E-state index contributed by atoms with van der Waals surface area (Å²) in [5, 5.41) is 3.06. The molecule has 2 aliphatic rings. The first-order chi connectivity index (χ1) is 9.47. The van der Waals surface area contributed by atoms with E-state index in [1.165, 1.54) is 22.7 Å². The van der Waals surface area contributed by atoms with E-state index in [2.05, 4.69) is 4.74 Å². The first kappa shape index (κ1) is 18.0. The van der Waals surface area contributed by atoms with Crippen molar-refractivity contribution in [2.24, 2.45) is 0 Å². The molecule has 1 aromatic heterocycles. The van der Waals surface area contributed by atoms with Crippen LogP contribution in [-0.2, 0) is 4.74 Å². The summed E-state index contributed by atoms with van der Waals surface area (Å²) < 4.78 is 28.0. The quantitative estimate of drug-likeness (QED) is 0.627. The Balaban J connectivity index is 0.000000151. The molecule has 2 aliphatic heterocycles. The van der Waals surface area contributed by atoms with E-state index < -0.39 is 16.3 Å². The molecule has 0 aromatic carbocycles. The number of hydrogen-bond donors (Lipinski definition) is 0. The summed E-state index contributed by atoms with van der Waals surface area (Å²) in [6, 6.07) is 0. The van der Waals surface area contributed by atoms with Gasteiger partial charge in [0.1, 0.15) is 6.61 Å². The molecule has 3 rings (SSSR count). The minimum absolute atomic E-state index is 0.0799. The van der Waals surface area contributed by atoms with Crippen molar-refractivity contribution in [1.29, 1.82) is 0 Å². The van der Waals surface area contributed by atoms with E-state index in [0.717, 1.165) is 23.5 Å². The molecule has 1 aromatic rings. The van der Waals surface area contributed by atoms with Crippen LogP contribution < -0.4 is 4.06 Å². The maximum atomic E-state index is 11.9. The zero-order chi connectivity index (χ0) is 15.0. The normalized spacial score (nSPS) is 24.3. The van der Waals surface area contributed by atoms with Crippen LogP contribution in [-0.4, -0.2) is 33.1 Å². The Morgan fingerprint density at radius 2 is 1.70 bits per heavy atom. The van der Waals surface area contributed by atoms with Gasteiger partial charge in [0.05, 0.1) is 0 Å². The number of cyclic esters (lactones) is 1. The van der Waals surface area contributed by atoms with Gasteiger partial charge in [-0.25, -0.2) is 13.6 Å². The predicted molar refractivity (Wildman–Crippen MR) is 82.6 cm³/mol. The smallest absolute Gasteiger partial charge is 0.370 e. The zero-order valence-corrected chi connectivity index (χ0v) is 13.7. The monoisotopic (exact) mass is 378 g/mol. The lowest BCUT2D eigenvalue weighted by Crippen LogP contribution is -1.91. The summed E-state index contributed by atoms with van der Waals surface area (Å²) in [4.78, 5) is 30.2. The Kier molecular flexibility index (Phi) is 8.77. The Hall–Kier alpha value is -0.100. The molecule has 2 unspecified atom stereocenters. The average Bonchev–Trinajstić information content (AvgIpc) is 3.07. The first-order valence-corrected chi connectivity index (χ1v) is 9.45. The van der Waals surface area contributed by atoms with Crippen LogP contribution in [0.15, 0.2) is 15.6 Å². The topological polar surface area (TPSA) is 60.4 Å². The number of hydrogen-bond acceptors (Lipinski definition) is 9. The molecular formula is C9H8F2O4S5. The molecule has 0 amide bonds. The lowest BCUT2D eigenvalue weighted by molar-refractivity contribution is 0.171. The summed E-state index contributed by atoms with van der Waals surface area (Å²) in [5.41, 5.74) is -2.08. The molecule has 4 nitrogen and oxygen atoms in total. The van der Waals surface area contributed by atoms with E-state index in [0.29, 0.717) is 17.5 Å². The van der Waals surface area contributed by atoms with Crippen molar-refractivity contribution in [2.75, 3.05) is 12.4 Å². The Bertz CT molecular complexity index is 450. The summed E-state index contributed by atoms with van der Waals surface area (Å²) >= 11 is 4.91. The number of carbonyl (C=O) groups is 2. The lowest BCUT2D eigenvalue weighted by Gasteiger charge is -1.83. The SMILES string of the molecule is O=C1OCC(F)S1.O=C1SCC(F)S1.O=c1sccs1. The van der Waals surface area contributed by atoms with E-state index >= 15 is 0 Å². The number of carbonyl (C=O) groups excluding carboxylic acids is 2. The van der Waals surface area contributed by atoms with Gasteiger partial charge in [-0.05, 0) is 23.5 Å². The molecule has 0 radical (unpaired) electrons. The van der Waals surface area contributed by atoms with Gasteiger partial charge in [-0.2, -0.15) is 0 Å². The van der Waals surface area contributed by atoms with Gasteiger partial charge in [-0.3, -0.25) is 9.59 Å². The lowest BCUT2D eigenvalue weighted by atomic mass is 10.8. The highest BCUT2D eigenvalue weighted by Crippen LogP contribution is 2.32. The molecule has 0 spiro atoms. The molecule has 11 heteroatoms. The van der Waals surface area contributed by atoms with Gasteiger partial charge < -0.3 is 4.74 Å². The van der Waals surface area contributed by atoms with Crippen LogP contribution in [0, 0.1) is 0 Å². The molecule has 3 heterocycles. The minimum atomic E-state index is -1.13. The highest BCUT2D eigenvalue weighted by Gasteiger charge is 2.23. The van der Waals surface area contributed by atoms with Crippen molar-refractivity contribution in [1.82, 2.24) is 0 Å². The van der Waals surface area contributed by atoms with Gasteiger partial charge in [0.25, 0.3) is 4.06 Å². The first-order valence-electron chi connectivity index (χ1n) is 4.94. The maximum Gasteiger partial charge on any atom is 0.370 e. The molecule has 2 fully saturated rings. The summed E-state index contributed by atoms with van der Waals surface area (Å²) in [6.45, 7) is -0.0799. The molecule has 20 heavy (non-hydrogen) atoms. The van der Waals surface area contributed by atoms with Crippen LogP contribution >= 0.6 is 58.0 Å². The molecule has 2 saturated heterocycles. The summed E-state index contributed by atoms with van der Waals surface area (Å²) in [6.07, 6.45) is 0. The van der Waals surface area contributed by atoms with Gasteiger partial charge in [-0.1, -0.05) is 34.4 Å². The second-order valence-electron chi connectivity index (χ2n) is 2.94. The van der Waals surface area contributed by atoms with E-state index in [4.69, 9.17) is 0 Å². The second-order valence-corrected chi connectivity index (χ2v) is 8.40. The molecule has 112 valence electrons. The fourth-order valence-electron chi connectivity index (χ4n) is 0.806. The van der Waals surface area contributed by atoms with Crippen molar-refractivity contribution < 1.29 is 23.1 Å². The van der Waals surface area contributed by atoms with Crippen molar-refractivity contribution in [3.8, 4) is 0 Å². The van der Waals surface area contributed by atoms with Gasteiger partial charge in [0, 0.05) is 16.5 Å². The van der Waals surface area contributed by atoms with Gasteiger partial charge >= 0.3 is 5.30 Å². The van der Waals surface area contributed by atoms with Crippen molar-refractivity contribution in [3.63, 3.8) is 0 Å². The third kappa shape index (κ3) is 8.25. The highest BCUT2D eigenvalue weighted by molar-refractivity contribution is 8.41. The zero-order valence-electron chi connectivity index (χ0n) is 9.65. The summed E-state index contributed by atoms with van der Waals surface area (Å²) in [7, 11) is 0. The fraction of sp³-hybridized carbons (Fsp3) is 0.444. The van der Waals surface area contributed by atoms with Crippen LogP contribution in [0.2, 0.25) is 0 Å². The molecular weight excluding hydrogens is 370 g/mol. The number of thioether (sulfide) groups is 3.